The molecule has 0 aliphatic carbocycles. The van der Waals surface area contributed by atoms with E-state index >= 15 is 0 Å². The first-order valence-electron chi connectivity index (χ1n) is 11.0. The second-order valence-electron chi connectivity index (χ2n) is 8.52. The first kappa shape index (κ1) is 21.5. The Kier molecular flexibility index (Phi) is 4.77. The van der Waals surface area contributed by atoms with Crippen molar-refractivity contribution in [2.45, 2.75) is 17.4 Å². The van der Waals surface area contributed by atoms with Crippen LogP contribution in [0.2, 0.25) is 0 Å². The van der Waals surface area contributed by atoms with Crippen LogP contribution in [0.15, 0.2) is 80.8 Å². The number of carbonyl (C=O) groups excluding carboxylic acids is 2. The summed E-state index contributed by atoms with van der Waals surface area (Å²) in [6.45, 7) is 0.0480. The summed E-state index contributed by atoms with van der Waals surface area (Å²) in [6.07, 6.45) is 0.482. The van der Waals surface area contributed by atoms with E-state index in [9.17, 15) is 22.8 Å². The largest absolute Gasteiger partial charge is 0.417 e. The van der Waals surface area contributed by atoms with Gasteiger partial charge in [-0.15, -0.1) is 0 Å². The molecule has 0 fully saturated rings. The lowest BCUT2D eigenvalue weighted by Gasteiger charge is -2.37. The SMILES string of the molecule is O=C1c2ccccc2C(=O)N1CC1c2ccccc2CCN1S(=O)(=O)c1ccc2[nH]c(=O)oc2c1. The van der Waals surface area contributed by atoms with E-state index in [-0.39, 0.29) is 23.6 Å². The molecule has 6 rings (SSSR count). The normalized spacial score (nSPS) is 18.2. The Morgan fingerprint density at radius 3 is 2.34 bits per heavy atom. The zero-order valence-corrected chi connectivity index (χ0v) is 19.1. The van der Waals surface area contributed by atoms with Crippen molar-refractivity contribution in [1.82, 2.24) is 14.2 Å². The van der Waals surface area contributed by atoms with Gasteiger partial charge >= 0.3 is 5.76 Å². The van der Waals surface area contributed by atoms with Crippen LogP contribution in [-0.4, -0.2) is 47.5 Å². The lowest BCUT2D eigenvalue weighted by molar-refractivity contribution is 0.0616. The highest BCUT2D eigenvalue weighted by Crippen LogP contribution is 2.37. The molecule has 35 heavy (non-hydrogen) atoms. The minimum absolute atomic E-state index is 0.0421. The van der Waals surface area contributed by atoms with E-state index in [1.165, 1.54) is 22.5 Å². The maximum atomic E-state index is 13.8. The number of rotatable bonds is 4. The summed E-state index contributed by atoms with van der Waals surface area (Å²) in [5.41, 5.74) is 2.85. The van der Waals surface area contributed by atoms with Gasteiger partial charge in [0.25, 0.3) is 11.8 Å². The Bertz CT molecular complexity index is 1650. The third-order valence-electron chi connectivity index (χ3n) is 6.60. The molecule has 1 aromatic heterocycles. The summed E-state index contributed by atoms with van der Waals surface area (Å²) in [6, 6.07) is 17.4. The minimum atomic E-state index is -4.07. The zero-order chi connectivity index (χ0) is 24.3. The van der Waals surface area contributed by atoms with Crippen molar-refractivity contribution >= 4 is 32.9 Å². The highest BCUT2D eigenvalue weighted by molar-refractivity contribution is 7.89. The molecule has 1 atom stereocenters. The Morgan fingerprint density at radius 1 is 0.914 bits per heavy atom. The number of nitrogens with one attached hydrogen (secondary N) is 1. The van der Waals surface area contributed by atoms with Gasteiger partial charge in [0, 0.05) is 12.6 Å². The predicted octanol–water partition coefficient (Wildman–Crippen LogP) is 2.71. The molecule has 2 aliphatic heterocycles. The van der Waals surface area contributed by atoms with E-state index in [0.717, 1.165) is 16.0 Å². The standard InChI is InChI=1S/C25H19N3O6S/c29-23-18-7-3-4-8-19(18)24(30)27(23)14-21-17-6-2-1-5-15(17)11-12-28(21)35(32,33)16-9-10-20-22(13-16)34-25(31)26-20/h1-10,13,21H,11-12,14H2,(H,26,31). The van der Waals surface area contributed by atoms with Gasteiger partial charge in [0.15, 0.2) is 5.58 Å². The molecule has 3 heterocycles. The number of hydrogen-bond acceptors (Lipinski definition) is 6. The Labute approximate surface area is 199 Å². The van der Waals surface area contributed by atoms with Gasteiger partial charge in [0.2, 0.25) is 10.0 Å². The monoisotopic (exact) mass is 489 g/mol. The molecule has 0 radical (unpaired) electrons. The molecule has 1 N–H and O–H groups in total. The Morgan fingerprint density at radius 2 is 1.60 bits per heavy atom. The van der Waals surface area contributed by atoms with Crippen molar-refractivity contribution < 1.29 is 22.4 Å². The van der Waals surface area contributed by atoms with Crippen LogP contribution < -0.4 is 5.76 Å². The Hall–Kier alpha value is -4.02. The van der Waals surface area contributed by atoms with Crippen LogP contribution in [0.5, 0.6) is 0 Å². The van der Waals surface area contributed by atoms with Gasteiger partial charge in [0.05, 0.1) is 34.1 Å². The van der Waals surface area contributed by atoms with Crippen LogP contribution in [0.1, 0.15) is 37.9 Å². The molecule has 9 nitrogen and oxygen atoms in total. The summed E-state index contributed by atoms with van der Waals surface area (Å²) < 4.78 is 34.0. The van der Waals surface area contributed by atoms with Gasteiger partial charge < -0.3 is 4.42 Å². The minimum Gasteiger partial charge on any atom is -0.408 e. The third kappa shape index (κ3) is 3.33. The van der Waals surface area contributed by atoms with Crippen molar-refractivity contribution in [2.75, 3.05) is 13.1 Å². The van der Waals surface area contributed by atoms with E-state index in [4.69, 9.17) is 4.42 Å². The second-order valence-corrected chi connectivity index (χ2v) is 10.4. The topological polar surface area (TPSA) is 121 Å². The highest BCUT2D eigenvalue weighted by atomic mass is 32.2. The molecule has 176 valence electrons. The van der Waals surface area contributed by atoms with Crippen LogP contribution in [0.25, 0.3) is 11.1 Å². The summed E-state index contributed by atoms with van der Waals surface area (Å²) in [7, 11) is -4.07. The number of hydrogen-bond donors (Lipinski definition) is 1. The van der Waals surface area contributed by atoms with Crippen LogP contribution in [0.3, 0.4) is 0 Å². The smallest absolute Gasteiger partial charge is 0.408 e. The highest BCUT2D eigenvalue weighted by Gasteiger charge is 2.42. The molecule has 1 unspecified atom stereocenters. The van der Waals surface area contributed by atoms with Gasteiger partial charge in [-0.2, -0.15) is 4.31 Å². The lowest BCUT2D eigenvalue weighted by atomic mass is 9.94. The zero-order valence-electron chi connectivity index (χ0n) is 18.3. The molecule has 0 spiro atoms. The maximum absolute atomic E-state index is 13.8. The van der Waals surface area contributed by atoms with Gasteiger partial charge in [-0.3, -0.25) is 19.5 Å². The van der Waals surface area contributed by atoms with Gasteiger partial charge in [-0.1, -0.05) is 36.4 Å². The second kappa shape index (κ2) is 7.76. The number of H-pyrrole nitrogens is 1. The average Bonchev–Trinajstić information content (AvgIpc) is 3.35. The van der Waals surface area contributed by atoms with Gasteiger partial charge in [-0.25, -0.2) is 13.2 Å². The molecular weight excluding hydrogens is 470 g/mol. The number of fused-ring (bicyclic) bond motifs is 3. The molecule has 0 saturated heterocycles. The molecule has 3 aromatic carbocycles. The average molecular weight is 490 g/mol. The Balaban J connectivity index is 1.43. The fourth-order valence-corrected chi connectivity index (χ4v) is 6.52. The quantitative estimate of drug-likeness (QED) is 0.440. The van der Waals surface area contributed by atoms with Crippen LogP contribution in [0, 0.1) is 0 Å². The van der Waals surface area contributed by atoms with Crippen molar-refractivity contribution in [3.8, 4) is 0 Å². The van der Waals surface area contributed by atoms with E-state index in [1.54, 1.807) is 24.3 Å². The van der Waals surface area contributed by atoms with Crippen molar-refractivity contribution in [2.24, 2.45) is 0 Å². The van der Waals surface area contributed by atoms with Gasteiger partial charge in [0.1, 0.15) is 0 Å². The number of imide groups is 1. The first-order chi connectivity index (χ1) is 16.8. The number of aromatic nitrogens is 1. The van der Waals surface area contributed by atoms with Crippen LogP contribution in [-0.2, 0) is 16.4 Å². The van der Waals surface area contributed by atoms with Crippen LogP contribution >= 0.6 is 0 Å². The summed E-state index contributed by atoms with van der Waals surface area (Å²) >= 11 is 0. The van der Waals surface area contributed by atoms with E-state index in [1.807, 2.05) is 24.3 Å². The first-order valence-corrected chi connectivity index (χ1v) is 12.5. The van der Waals surface area contributed by atoms with E-state index in [0.29, 0.717) is 23.1 Å². The molecule has 0 saturated carbocycles. The van der Waals surface area contributed by atoms with E-state index < -0.39 is 33.6 Å². The van der Waals surface area contributed by atoms with Gasteiger partial charge in [-0.05, 0) is 41.8 Å². The number of sulfonamides is 1. The number of aromatic amines is 1. The van der Waals surface area contributed by atoms with Crippen molar-refractivity contribution in [3.63, 3.8) is 0 Å². The predicted molar refractivity (Wildman–Crippen MR) is 125 cm³/mol. The lowest BCUT2D eigenvalue weighted by Crippen LogP contribution is -2.46. The summed E-state index contributed by atoms with van der Waals surface area (Å²) in [5, 5.41) is 0. The fourth-order valence-electron chi connectivity index (χ4n) is 4.91. The number of oxazole rings is 1. The molecule has 4 aromatic rings. The third-order valence-corrected chi connectivity index (χ3v) is 8.50. The molecular formula is C25H19N3O6S. The maximum Gasteiger partial charge on any atom is 0.417 e. The van der Waals surface area contributed by atoms with Crippen LogP contribution in [0.4, 0.5) is 0 Å². The molecule has 0 bridgehead atoms. The van der Waals surface area contributed by atoms with Crippen molar-refractivity contribution in [3.05, 3.63) is 99.5 Å². The fraction of sp³-hybridized carbons (Fsp3) is 0.160. The number of benzene rings is 3. The summed E-state index contributed by atoms with van der Waals surface area (Å²) in [4.78, 5) is 41.2. The molecule has 10 heteroatoms. The number of nitrogens with zero attached hydrogens (tertiary/aromatic N) is 2. The number of carbonyl (C=O) groups is 2. The summed E-state index contributed by atoms with van der Waals surface area (Å²) in [5.74, 6) is -1.56. The molecule has 2 aliphatic rings. The van der Waals surface area contributed by atoms with E-state index in [2.05, 4.69) is 4.98 Å². The van der Waals surface area contributed by atoms with Crippen molar-refractivity contribution in [1.29, 1.82) is 0 Å². The molecule has 2 amide bonds. The number of amides is 2.